The van der Waals surface area contributed by atoms with Gasteiger partial charge in [-0.2, -0.15) is 5.26 Å². The molecular formula is C23H26N4O4. The van der Waals surface area contributed by atoms with Crippen LogP contribution in [0.15, 0.2) is 48.5 Å². The first-order valence-corrected chi connectivity index (χ1v) is 9.96. The van der Waals surface area contributed by atoms with E-state index in [2.05, 4.69) is 16.3 Å². The Morgan fingerprint density at radius 3 is 2.58 bits per heavy atom. The molecule has 1 atom stereocenters. The summed E-state index contributed by atoms with van der Waals surface area (Å²) in [7, 11) is 0. The average molecular weight is 422 g/mol. The number of carbonyl (C=O) groups excluding carboxylic acids is 2. The first-order chi connectivity index (χ1) is 15.0. The second kappa shape index (κ2) is 12.1. The van der Waals surface area contributed by atoms with Crippen LogP contribution in [0.2, 0.25) is 0 Å². The van der Waals surface area contributed by atoms with Gasteiger partial charge < -0.3 is 21.1 Å². The number of rotatable bonds is 6. The van der Waals surface area contributed by atoms with Crippen molar-refractivity contribution >= 4 is 18.3 Å². The molecule has 1 heterocycles. The predicted molar refractivity (Wildman–Crippen MR) is 116 cm³/mol. The first-order valence-electron chi connectivity index (χ1n) is 9.96. The molecule has 0 aliphatic carbocycles. The number of benzene rings is 2. The fourth-order valence-electron chi connectivity index (χ4n) is 3.53. The number of likely N-dealkylation sites (tertiary alicyclic amines) is 1. The van der Waals surface area contributed by atoms with Crippen molar-refractivity contribution in [3.8, 4) is 17.2 Å². The van der Waals surface area contributed by atoms with Gasteiger partial charge in [0.05, 0.1) is 17.6 Å². The first kappa shape index (κ1) is 23.6. The number of carboxylic acid groups (broad SMARTS) is 1. The number of hydrogen-bond donors (Lipinski definition) is 3. The van der Waals surface area contributed by atoms with Crippen molar-refractivity contribution < 1.29 is 19.5 Å². The van der Waals surface area contributed by atoms with Crippen LogP contribution < -0.4 is 11.1 Å². The van der Waals surface area contributed by atoms with E-state index >= 15 is 0 Å². The van der Waals surface area contributed by atoms with Crippen molar-refractivity contribution in [2.24, 2.45) is 11.7 Å². The number of primary amides is 1. The highest BCUT2D eigenvalue weighted by Crippen LogP contribution is 2.21. The number of nitrogens with zero attached hydrogens (tertiary/aromatic N) is 2. The molecule has 3 rings (SSSR count). The summed E-state index contributed by atoms with van der Waals surface area (Å²) in [6.45, 7) is 2.54. The Morgan fingerprint density at radius 1 is 1.23 bits per heavy atom. The lowest BCUT2D eigenvalue weighted by molar-refractivity contribution is -0.124. The molecule has 2 amide bonds. The molecule has 0 spiro atoms. The van der Waals surface area contributed by atoms with Crippen molar-refractivity contribution in [2.45, 2.75) is 12.8 Å². The molecule has 0 bridgehead atoms. The van der Waals surface area contributed by atoms with Crippen molar-refractivity contribution in [1.29, 1.82) is 5.26 Å². The molecule has 0 radical (unpaired) electrons. The van der Waals surface area contributed by atoms with Gasteiger partial charge in [0.2, 0.25) is 5.91 Å². The van der Waals surface area contributed by atoms with E-state index in [0.29, 0.717) is 30.8 Å². The zero-order chi connectivity index (χ0) is 22.6. The van der Waals surface area contributed by atoms with Crippen LogP contribution in [0.3, 0.4) is 0 Å². The Balaban J connectivity index is 0.00000107. The van der Waals surface area contributed by atoms with Crippen molar-refractivity contribution in [3.05, 3.63) is 59.7 Å². The van der Waals surface area contributed by atoms with Crippen molar-refractivity contribution in [3.63, 3.8) is 0 Å². The maximum absolute atomic E-state index is 12.5. The van der Waals surface area contributed by atoms with E-state index in [1.165, 1.54) is 0 Å². The lowest BCUT2D eigenvalue weighted by Crippen LogP contribution is -2.44. The van der Waals surface area contributed by atoms with Gasteiger partial charge in [-0.05, 0) is 54.8 Å². The van der Waals surface area contributed by atoms with Gasteiger partial charge in [-0.15, -0.1) is 0 Å². The lowest BCUT2D eigenvalue weighted by atomic mass is 9.97. The smallest absolute Gasteiger partial charge is 0.290 e. The summed E-state index contributed by atoms with van der Waals surface area (Å²) in [5.74, 6) is -0.474. The molecule has 31 heavy (non-hydrogen) atoms. The van der Waals surface area contributed by atoms with Gasteiger partial charge in [-0.3, -0.25) is 14.4 Å². The van der Waals surface area contributed by atoms with E-state index in [1.807, 2.05) is 36.4 Å². The summed E-state index contributed by atoms with van der Waals surface area (Å²) in [5, 5.41) is 18.9. The molecule has 8 heteroatoms. The molecule has 1 fully saturated rings. The third-order valence-electron chi connectivity index (χ3n) is 5.07. The minimum absolute atomic E-state index is 0.0923. The molecule has 162 valence electrons. The zero-order valence-corrected chi connectivity index (χ0v) is 17.2. The van der Waals surface area contributed by atoms with Crippen LogP contribution in [0.1, 0.15) is 28.8 Å². The number of nitrogens with two attached hydrogens (primary N) is 1. The van der Waals surface area contributed by atoms with E-state index in [4.69, 9.17) is 20.9 Å². The molecule has 1 saturated heterocycles. The second-order valence-corrected chi connectivity index (χ2v) is 7.18. The SMILES string of the molecule is N#Cc1cccc(-c2cccc(C(=O)NCCN3CCCC(C(N)=O)C3)c2)c1.O=CO. The molecule has 2 aromatic rings. The summed E-state index contributed by atoms with van der Waals surface area (Å²) in [5.41, 5.74) is 8.37. The average Bonchev–Trinajstić information content (AvgIpc) is 2.80. The Labute approximate surface area is 181 Å². The van der Waals surface area contributed by atoms with Gasteiger partial charge in [0.25, 0.3) is 12.4 Å². The Bertz CT molecular complexity index is 955. The lowest BCUT2D eigenvalue weighted by Gasteiger charge is -2.31. The van der Waals surface area contributed by atoms with Gasteiger partial charge in [0.15, 0.2) is 0 Å². The second-order valence-electron chi connectivity index (χ2n) is 7.18. The van der Waals surface area contributed by atoms with E-state index in [9.17, 15) is 9.59 Å². The normalized spacial score (nSPS) is 15.6. The number of amides is 2. The maximum Gasteiger partial charge on any atom is 0.290 e. The van der Waals surface area contributed by atoms with Crippen LogP contribution in [-0.2, 0) is 9.59 Å². The highest BCUT2D eigenvalue weighted by Gasteiger charge is 2.23. The van der Waals surface area contributed by atoms with Crippen LogP contribution in [0.5, 0.6) is 0 Å². The predicted octanol–water partition coefficient (Wildman–Crippen LogP) is 1.85. The number of nitrogens with one attached hydrogen (secondary N) is 1. The third-order valence-corrected chi connectivity index (χ3v) is 5.07. The standard InChI is InChI=1S/C22H24N4O2.CH2O2/c23-14-16-4-1-5-17(12-16)18-6-2-7-19(13-18)22(28)25-9-11-26-10-3-8-20(15-26)21(24)27;2-1-3/h1-2,4-7,12-13,20H,3,8-11,15H2,(H2,24,27)(H,25,28);1H,(H,2,3). The van der Waals surface area contributed by atoms with Gasteiger partial charge >= 0.3 is 0 Å². The van der Waals surface area contributed by atoms with Crippen molar-refractivity contribution in [1.82, 2.24) is 10.2 Å². The van der Waals surface area contributed by atoms with Gasteiger partial charge in [0.1, 0.15) is 0 Å². The molecule has 0 saturated carbocycles. The minimum atomic E-state index is -0.250. The summed E-state index contributed by atoms with van der Waals surface area (Å²) in [4.78, 5) is 34.4. The van der Waals surface area contributed by atoms with Gasteiger partial charge in [0, 0.05) is 25.2 Å². The number of hydrogen-bond acceptors (Lipinski definition) is 5. The fraction of sp³-hybridized carbons (Fsp3) is 0.304. The van der Waals surface area contributed by atoms with Crippen molar-refractivity contribution in [2.75, 3.05) is 26.2 Å². The van der Waals surface area contributed by atoms with Gasteiger partial charge in [-0.1, -0.05) is 24.3 Å². The van der Waals surface area contributed by atoms with Crippen LogP contribution >= 0.6 is 0 Å². The number of piperidine rings is 1. The monoisotopic (exact) mass is 422 g/mol. The topological polar surface area (TPSA) is 137 Å². The third kappa shape index (κ3) is 7.24. The fourth-order valence-corrected chi connectivity index (χ4v) is 3.53. The van der Waals surface area contributed by atoms with Crippen LogP contribution in [0.25, 0.3) is 11.1 Å². The summed E-state index contributed by atoms with van der Waals surface area (Å²) in [6, 6.07) is 16.8. The molecule has 1 aliphatic rings. The summed E-state index contributed by atoms with van der Waals surface area (Å²) >= 11 is 0. The summed E-state index contributed by atoms with van der Waals surface area (Å²) in [6.07, 6.45) is 1.79. The molecule has 1 aliphatic heterocycles. The van der Waals surface area contributed by atoms with E-state index in [0.717, 1.165) is 30.5 Å². The molecule has 2 aromatic carbocycles. The largest absolute Gasteiger partial charge is 0.483 e. The molecule has 0 aromatic heterocycles. The summed E-state index contributed by atoms with van der Waals surface area (Å²) < 4.78 is 0. The zero-order valence-electron chi connectivity index (χ0n) is 17.2. The minimum Gasteiger partial charge on any atom is -0.483 e. The Morgan fingerprint density at radius 2 is 1.90 bits per heavy atom. The highest BCUT2D eigenvalue weighted by atomic mass is 16.3. The van der Waals surface area contributed by atoms with E-state index in [-0.39, 0.29) is 24.2 Å². The van der Waals surface area contributed by atoms with Crippen LogP contribution in [0, 0.1) is 17.2 Å². The van der Waals surface area contributed by atoms with E-state index in [1.54, 1.807) is 12.1 Å². The molecular weight excluding hydrogens is 396 g/mol. The Kier molecular flexibility index (Phi) is 9.20. The quantitative estimate of drug-likeness (QED) is 0.608. The highest BCUT2D eigenvalue weighted by molar-refractivity contribution is 5.95. The maximum atomic E-state index is 12.5. The molecule has 4 N–H and O–H groups in total. The van der Waals surface area contributed by atoms with E-state index < -0.39 is 0 Å². The molecule has 1 unspecified atom stereocenters. The number of nitriles is 1. The van der Waals surface area contributed by atoms with Crippen LogP contribution in [0.4, 0.5) is 0 Å². The van der Waals surface area contributed by atoms with Gasteiger partial charge in [-0.25, -0.2) is 0 Å². The molecule has 8 nitrogen and oxygen atoms in total. The Hall–Kier alpha value is -3.70. The van der Waals surface area contributed by atoms with Crippen LogP contribution in [-0.4, -0.2) is 54.5 Å². The number of carbonyl (C=O) groups is 3.